The summed E-state index contributed by atoms with van der Waals surface area (Å²) in [5.41, 5.74) is 1.41. The quantitative estimate of drug-likeness (QED) is 0.698. The smallest absolute Gasteiger partial charge is 0.00725 e. The molecule has 0 nitrogen and oxygen atoms in total. The first-order valence-electron chi connectivity index (χ1n) is 5.50. The van der Waals surface area contributed by atoms with Gasteiger partial charge in [-0.15, -0.1) is 11.8 Å². The van der Waals surface area contributed by atoms with E-state index >= 15 is 0 Å². The highest BCUT2D eigenvalue weighted by Gasteiger charge is 2.04. The summed E-state index contributed by atoms with van der Waals surface area (Å²) in [5.74, 6) is 1.71. The Balaban J connectivity index is 1.92. The number of benzene rings is 2. The monoisotopic (exact) mass is 227 g/mol. The summed E-state index contributed by atoms with van der Waals surface area (Å²) >= 11 is 1.90. The van der Waals surface area contributed by atoms with Gasteiger partial charge < -0.3 is 0 Å². The predicted octanol–water partition coefficient (Wildman–Crippen LogP) is 4.38. The number of hydrogen-bond acceptors (Lipinski definition) is 1. The van der Waals surface area contributed by atoms with Gasteiger partial charge in [0.25, 0.3) is 0 Å². The summed E-state index contributed by atoms with van der Waals surface area (Å²) < 4.78 is 0. The third-order valence-electron chi connectivity index (χ3n) is 2.56. The summed E-state index contributed by atoms with van der Waals surface area (Å²) in [7, 11) is 0. The van der Waals surface area contributed by atoms with Gasteiger partial charge in [0.2, 0.25) is 0 Å². The second-order valence-corrected chi connectivity index (χ2v) is 4.95. The zero-order valence-electron chi connectivity index (χ0n) is 9.39. The summed E-state index contributed by atoms with van der Waals surface area (Å²) in [6, 6.07) is 21.9. The molecule has 1 radical (unpaired) electrons. The minimum Gasteiger partial charge on any atom is -0.126 e. The van der Waals surface area contributed by atoms with Gasteiger partial charge in [0, 0.05) is 10.6 Å². The van der Waals surface area contributed by atoms with Crippen molar-refractivity contribution in [2.24, 2.45) is 0 Å². The van der Waals surface area contributed by atoms with E-state index in [-0.39, 0.29) is 0 Å². The molecule has 0 bridgehead atoms. The van der Waals surface area contributed by atoms with Crippen LogP contribution in [0.3, 0.4) is 0 Å². The molecule has 1 heteroatoms. The van der Waals surface area contributed by atoms with Crippen molar-refractivity contribution in [1.82, 2.24) is 0 Å². The third kappa shape index (κ3) is 3.14. The average Bonchev–Trinajstić information content (AvgIpc) is 2.38. The van der Waals surface area contributed by atoms with Crippen LogP contribution in [-0.2, 0) is 0 Å². The lowest BCUT2D eigenvalue weighted by Crippen LogP contribution is -1.95. The highest BCUT2D eigenvalue weighted by molar-refractivity contribution is 7.99. The highest BCUT2D eigenvalue weighted by Crippen LogP contribution is 2.25. The Bertz CT molecular complexity index is 408. The van der Waals surface area contributed by atoms with E-state index in [2.05, 4.69) is 55.5 Å². The fourth-order valence-electron chi connectivity index (χ4n) is 1.57. The van der Waals surface area contributed by atoms with Gasteiger partial charge >= 0.3 is 0 Å². The lowest BCUT2D eigenvalue weighted by molar-refractivity contribution is 0.880. The zero-order chi connectivity index (χ0) is 11.2. The lowest BCUT2D eigenvalue weighted by atomic mass is 10.0. The summed E-state index contributed by atoms with van der Waals surface area (Å²) in [4.78, 5) is 1.32. The van der Waals surface area contributed by atoms with E-state index in [0.717, 1.165) is 5.75 Å². The maximum atomic E-state index is 3.04. The van der Waals surface area contributed by atoms with Gasteiger partial charge in [-0.3, -0.25) is 0 Å². The van der Waals surface area contributed by atoms with Gasteiger partial charge in [-0.25, -0.2) is 0 Å². The van der Waals surface area contributed by atoms with Crippen molar-refractivity contribution in [1.29, 1.82) is 0 Å². The van der Waals surface area contributed by atoms with Crippen LogP contribution < -0.4 is 0 Å². The maximum absolute atomic E-state index is 3.04. The van der Waals surface area contributed by atoms with Gasteiger partial charge in [0.05, 0.1) is 0 Å². The van der Waals surface area contributed by atoms with Crippen LogP contribution in [0.4, 0.5) is 0 Å². The van der Waals surface area contributed by atoms with E-state index in [0.29, 0.717) is 5.92 Å². The van der Waals surface area contributed by atoms with Crippen molar-refractivity contribution in [3.8, 4) is 0 Å². The first-order valence-corrected chi connectivity index (χ1v) is 6.48. The highest BCUT2D eigenvalue weighted by atomic mass is 32.2. The predicted molar refractivity (Wildman–Crippen MR) is 70.9 cm³/mol. The molecule has 0 aromatic heterocycles. The molecule has 0 N–H and O–H groups in total. The fourth-order valence-corrected chi connectivity index (χ4v) is 2.53. The molecule has 0 aliphatic heterocycles. The lowest BCUT2D eigenvalue weighted by Gasteiger charge is -2.11. The molecule has 1 unspecified atom stereocenters. The van der Waals surface area contributed by atoms with E-state index in [9.17, 15) is 0 Å². The Morgan fingerprint density at radius 2 is 1.75 bits per heavy atom. The normalized spacial score (nSPS) is 12.3. The topological polar surface area (TPSA) is 0 Å². The summed E-state index contributed by atoms with van der Waals surface area (Å²) in [6.45, 7) is 2.28. The van der Waals surface area contributed by atoms with E-state index in [4.69, 9.17) is 0 Å². The van der Waals surface area contributed by atoms with Gasteiger partial charge in [-0.1, -0.05) is 49.4 Å². The Morgan fingerprint density at radius 3 is 2.44 bits per heavy atom. The molecule has 0 saturated heterocycles. The number of rotatable bonds is 4. The van der Waals surface area contributed by atoms with Crippen LogP contribution in [0.15, 0.2) is 59.5 Å². The van der Waals surface area contributed by atoms with Crippen molar-refractivity contribution in [2.75, 3.05) is 5.75 Å². The van der Waals surface area contributed by atoms with Crippen LogP contribution in [0.2, 0.25) is 0 Å². The third-order valence-corrected chi connectivity index (χ3v) is 3.83. The summed E-state index contributed by atoms with van der Waals surface area (Å²) in [5, 5.41) is 0. The molecule has 0 aliphatic rings. The molecule has 2 aromatic rings. The minimum atomic E-state index is 0.593. The zero-order valence-corrected chi connectivity index (χ0v) is 10.2. The van der Waals surface area contributed by atoms with Crippen molar-refractivity contribution in [2.45, 2.75) is 17.7 Å². The standard InChI is InChI=1S/C15H15S/c1-13(14-8-4-2-5-9-14)12-16-15-10-6-3-7-11-15/h2,4-11,13H,12H2,1H3. The van der Waals surface area contributed by atoms with E-state index in [1.807, 2.05) is 23.9 Å². The molecule has 2 aromatic carbocycles. The van der Waals surface area contributed by atoms with Gasteiger partial charge in [0.15, 0.2) is 0 Å². The second-order valence-electron chi connectivity index (χ2n) is 3.86. The molecule has 16 heavy (non-hydrogen) atoms. The van der Waals surface area contributed by atoms with Crippen LogP contribution in [-0.4, -0.2) is 5.75 Å². The van der Waals surface area contributed by atoms with E-state index < -0.39 is 0 Å². The molecular formula is C15H15S. The van der Waals surface area contributed by atoms with Crippen LogP contribution in [0, 0.1) is 6.07 Å². The van der Waals surface area contributed by atoms with Crippen molar-refractivity contribution >= 4 is 11.8 Å². The molecule has 0 amide bonds. The molecule has 0 aliphatic carbocycles. The first-order chi connectivity index (χ1) is 7.86. The molecule has 0 spiro atoms. The van der Waals surface area contributed by atoms with E-state index in [1.165, 1.54) is 10.5 Å². The van der Waals surface area contributed by atoms with Crippen molar-refractivity contribution in [3.05, 3.63) is 66.2 Å². The average molecular weight is 227 g/mol. The molecule has 1 atom stereocenters. The Morgan fingerprint density at radius 1 is 1.06 bits per heavy atom. The van der Waals surface area contributed by atoms with Crippen molar-refractivity contribution < 1.29 is 0 Å². The van der Waals surface area contributed by atoms with Crippen molar-refractivity contribution in [3.63, 3.8) is 0 Å². The molecule has 0 saturated carbocycles. The molecule has 81 valence electrons. The van der Waals surface area contributed by atoms with Crippen LogP contribution in [0.25, 0.3) is 0 Å². The first kappa shape index (κ1) is 11.3. The minimum absolute atomic E-state index is 0.593. The van der Waals surface area contributed by atoms with Crippen LogP contribution in [0.5, 0.6) is 0 Å². The Kier molecular flexibility index (Phi) is 4.06. The number of hydrogen-bond donors (Lipinski definition) is 0. The maximum Gasteiger partial charge on any atom is 0.00725 e. The molecule has 0 heterocycles. The van der Waals surface area contributed by atoms with Gasteiger partial charge in [0.1, 0.15) is 0 Å². The molecular weight excluding hydrogens is 212 g/mol. The van der Waals surface area contributed by atoms with E-state index in [1.54, 1.807) is 0 Å². The van der Waals surface area contributed by atoms with Crippen LogP contribution in [0.1, 0.15) is 18.4 Å². The fraction of sp³-hybridized carbons (Fsp3) is 0.200. The number of thioether (sulfide) groups is 1. The second kappa shape index (κ2) is 5.76. The SMILES string of the molecule is CC(CSc1cc[c]cc1)c1ccccc1. The summed E-state index contributed by atoms with van der Waals surface area (Å²) in [6.07, 6.45) is 0. The molecule has 2 rings (SSSR count). The van der Waals surface area contributed by atoms with Crippen LogP contribution >= 0.6 is 11.8 Å². The van der Waals surface area contributed by atoms with Gasteiger partial charge in [-0.05, 0) is 29.7 Å². The molecule has 0 fully saturated rings. The van der Waals surface area contributed by atoms with Gasteiger partial charge in [-0.2, -0.15) is 0 Å². The Labute approximate surface area is 102 Å². The largest absolute Gasteiger partial charge is 0.126 e. The Hall–Kier alpha value is -1.21.